The van der Waals surface area contributed by atoms with Crippen LogP contribution in [0.1, 0.15) is 32.5 Å². The quantitative estimate of drug-likeness (QED) is 0.725. The van der Waals surface area contributed by atoms with E-state index >= 15 is 0 Å². The smallest absolute Gasteiger partial charge is 0.266 e. The topological polar surface area (TPSA) is 59.1 Å². The molecule has 0 bridgehead atoms. The van der Waals surface area contributed by atoms with Crippen LogP contribution in [0.2, 0.25) is 0 Å². The molecule has 0 saturated heterocycles. The van der Waals surface area contributed by atoms with Gasteiger partial charge in [0.25, 0.3) is 5.91 Å². The van der Waals surface area contributed by atoms with E-state index in [0.29, 0.717) is 16.1 Å². The molecule has 1 N–H and O–H groups in total. The molecule has 0 saturated carbocycles. The first-order valence-corrected chi connectivity index (χ1v) is 7.84. The normalized spacial score (nSPS) is 10.5. The molecule has 2 heterocycles. The van der Waals surface area contributed by atoms with Crippen LogP contribution in [-0.4, -0.2) is 16.7 Å². The van der Waals surface area contributed by atoms with E-state index in [4.69, 9.17) is 0 Å². The zero-order chi connectivity index (χ0) is 16.4. The van der Waals surface area contributed by atoms with Gasteiger partial charge < -0.3 is 5.32 Å². The molecule has 1 aromatic carbocycles. The van der Waals surface area contributed by atoms with Gasteiger partial charge in [0.2, 0.25) is 0 Å². The summed E-state index contributed by atoms with van der Waals surface area (Å²) in [5.74, 6) is -0.217. The maximum absolute atomic E-state index is 12.5. The molecule has 114 valence electrons. The van der Waals surface area contributed by atoms with Crippen molar-refractivity contribution in [3.63, 3.8) is 0 Å². The van der Waals surface area contributed by atoms with Gasteiger partial charge in [-0.05, 0) is 43.3 Å². The van der Waals surface area contributed by atoms with Crippen LogP contribution >= 0.6 is 11.3 Å². The lowest BCUT2D eigenvalue weighted by Crippen LogP contribution is -2.11. The highest BCUT2D eigenvalue weighted by molar-refractivity contribution is 7.20. The average Bonchev–Trinajstić information content (AvgIpc) is 2.94. The maximum Gasteiger partial charge on any atom is 0.266 e. The summed E-state index contributed by atoms with van der Waals surface area (Å²) in [6, 6.07) is 10.6. The van der Waals surface area contributed by atoms with Gasteiger partial charge in [0.15, 0.2) is 5.78 Å². The van der Waals surface area contributed by atoms with Gasteiger partial charge in [-0.1, -0.05) is 12.7 Å². The number of carbonyl (C=O) groups is 2. The maximum atomic E-state index is 12.5. The number of carbonyl (C=O) groups excluding carboxylic acids is 2. The number of pyridine rings is 1. The van der Waals surface area contributed by atoms with Gasteiger partial charge in [-0.2, -0.15) is 0 Å². The number of rotatable bonds is 4. The van der Waals surface area contributed by atoms with E-state index in [2.05, 4.69) is 16.9 Å². The van der Waals surface area contributed by atoms with Gasteiger partial charge in [0.05, 0.1) is 0 Å². The van der Waals surface area contributed by atoms with E-state index in [-0.39, 0.29) is 11.7 Å². The number of amides is 1. The van der Waals surface area contributed by atoms with Crippen molar-refractivity contribution in [2.24, 2.45) is 0 Å². The number of nitrogens with one attached hydrogen (secondary N) is 1. The van der Waals surface area contributed by atoms with Crippen LogP contribution < -0.4 is 5.32 Å². The van der Waals surface area contributed by atoms with Gasteiger partial charge in [0.1, 0.15) is 9.71 Å². The Morgan fingerprint density at radius 3 is 2.61 bits per heavy atom. The van der Waals surface area contributed by atoms with Gasteiger partial charge in [0, 0.05) is 28.4 Å². The molecule has 0 aliphatic heterocycles. The summed E-state index contributed by atoms with van der Waals surface area (Å²) in [4.78, 5) is 29.5. The Hall–Kier alpha value is -2.79. The van der Waals surface area contributed by atoms with E-state index in [1.54, 1.807) is 36.5 Å². The fraction of sp³-hybridized carbons (Fsp3) is 0.0556. The zero-order valence-electron chi connectivity index (χ0n) is 12.5. The number of nitrogens with zero attached hydrogens (tertiary/aromatic N) is 1. The van der Waals surface area contributed by atoms with Crippen LogP contribution in [0.3, 0.4) is 0 Å². The molecule has 5 heteroatoms. The predicted molar refractivity (Wildman–Crippen MR) is 94.1 cm³/mol. The van der Waals surface area contributed by atoms with Crippen LogP contribution in [-0.2, 0) is 0 Å². The SMILES string of the molecule is C=Cc1c(C(=O)Nc2ccc(C(C)=O)cc2)sc2ncccc12. The molecule has 0 spiro atoms. The number of hydrogen-bond donors (Lipinski definition) is 1. The molecule has 0 unspecified atom stereocenters. The number of thiophene rings is 1. The number of ketones is 1. The molecule has 2 aromatic heterocycles. The summed E-state index contributed by atoms with van der Waals surface area (Å²) in [6.07, 6.45) is 3.38. The van der Waals surface area contributed by atoms with Gasteiger partial charge in [-0.25, -0.2) is 4.98 Å². The van der Waals surface area contributed by atoms with Crippen molar-refractivity contribution in [1.29, 1.82) is 0 Å². The second-order valence-electron chi connectivity index (χ2n) is 4.99. The number of Topliss-reactive ketones (excluding diaryl/α,β-unsaturated/α-hetero) is 1. The minimum Gasteiger partial charge on any atom is -0.321 e. The highest BCUT2D eigenvalue weighted by atomic mass is 32.1. The molecule has 4 nitrogen and oxygen atoms in total. The fourth-order valence-corrected chi connectivity index (χ4v) is 3.34. The molecule has 3 rings (SSSR count). The van der Waals surface area contributed by atoms with E-state index in [1.165, 1.54) is 18.3 Å². The van der Waals surface area contributed by atoms with E-state index in [9.17, 15) is 9.59 Å². The summed E-state index contributed by atoms with van der Waals surface area (Å²) in [5.41, 5.74) is 2.04. The zero-order valence-corrected chi connectivity index (χ0v) is 13.3. The van der Waals surface area contributed by atoms with Crippen LogP contribution in [0.4, 0.5) is 5.69 Å². The number of hydrogen-bond acceptors (Lipinski definition) is 4. The molecule has 3 aromatic rings. The Morgan fingerprint density at radius 1 is 1.22 bits per heavy atom. The van der Waals surface area contributed by atoms with E-state index < -0.39 is 0 Å². The summed E-state index contributed by atoms with van der Waals surface area (Å²) in [5, 5.41) is 3.77. The first-order valence-electron chi connectivity index (χ1n) is 7.02. The highest BCUT2D eigenvalue weighted by Gasteiger charge is 2.17. The van der Waals surface area contributed by atoms with Crippen molar-refractivity contribution in [1.82, 2.24) is 4.98 Å². The monoisotopic (exact) mass is 322 g/mol. The first-order chi connectivity index (χ1) is 11.1. The lowest BCUT2D eigenvalue weighted by molar-refractivity contribution is 0.101. The van der Waals surface area contributed by atoms with Crippen molar-refractivity contribution in [3.05, 3.63) is 65.2 Å². The largest absolute Gasteiger partial charge is 0.321 e. The molecule has 0 aliphatic carbocycles. The van der Waals surface area contributed by atoms with Crippen LogP contribution in [0.25, 0.3) is 16.3 Å². The van der Waals surface area contributed by atoms with Gasteiger partial charge in [-0.3, -0.25) is 9.59 Å². The Morgan fingerprint density at radius 2 is 1.96 bits per heavy atom. The summed E-state index contributed by atoms with van der Waals surface area (Å²) in [6.45, 7) is 5.30. The minimum atomic E-state index is -0.210. The summed E-state index contributed by atoms with van der Waals surface area (Å²) >= 11 is 1.34. The Bertz CT molecular complexity index is 910. The standard InChI is InChI=1S/C18H14N2O2S/c1-3-14-15-5-4-10-19-18(15)23-16(14)17(22)20-13-8-6-12(7-9-13)11(2)21/h3-10H,1H2,2H3,(H,20,22). The molecular formula is C18H14N2O2S. The van der Waals surface area contributed by atoms with Gasteiger partial charge >= 0.3 is 0 Å². The van der Waals surface area contributed by atoms with Crippen molar-refractivity contribution < 1.29 is 9.59 Å². The Labute approximate surface area is 137 Å². The van der Waals surface area contributed by atoms with Crippen LogP contribution in [0.5, 0.6) is 0 Å². The van der Waals surface area contributed by atoms with Crippen molar-refractivity contribution in [3.8, 4) is 0 Å². The number of anilines is 1. The molecule has 23 heavy (non-hydrogen) atoms. The lowest BCUT2D eigenvalue weighted by Gasteiger charge is -2.05. The average molecular weight is 322 g/mol. The van der Waals surface area contributed by atoms with Crippen molar-refractivity contribution >= 4 is 45.0 Å². The highest BCUT2D eigenvalue weighted by Crippen LogP contribution is 2.31. The van der Waals surface area contributed by atoms with E-state index in [0.717, 1.165) is 15.8 Å². The molecular weight excluding hydrogens is 308 g/mol. The second-order valence-corrected chi connectivity index (χ2v) is 5.99. The Kier molecular flexibility index (Phi) is 4.04. The fourth-order valence-electron chi connectivity index (χ4n) is 2.30. The van der Waals surface area contributed by atoms with Gasteiger partial charge in [-0.15, -0.1) is 11.3 Å². The van der Waals surface area contributed by atoms with Crippen molar-refractivity contribution in [2.75, 3.05) is 5.32 Å². The molecule has 1 amide bonds. The third-order valence-electron chi connectivity index (χ3n) is 3.46. The van der Waals surface area contributed by atoms with Crippen LogP contribution in [0, 0.1) is 0 Å². The lowest BCUT2D eigenvalue weighted by atomic mass is 10.1. The van der Waals surface area contributed by atoms with E-state index in [1.807, 2.05) is 12.1 Å². The number of aromatic nitrogens is 1. The summed E-state index contributed by atoms with van der Waals surface area (Å²) < 4.78 is 0. The third kappa shape index (κ3) is 2.91. The second kappa shape index (κ2) is 6.14. The predicted octanol–water partition coefficient (Wildman–Crippen LogP) is 4.39. The first kappa shape index (κ1) is 15.1. The minimum absolute atomic E-state index is 0.00704. The number of fused-ring (bicyclic) bond motifs is 1. The molecule has 0 fully saturated rings. The molecule has 0 atom stereocenters. The molecule has 0 radical (unpaired) electrons. The van der Waals surface area contributed by atoms with Crippen molar-refractivity contribution in [2.45, 2.75) is 6.92 Å². The Balaban J connectivity index is 1.91. The van der Waals surface area contributed by atoms with Crippen LogP contribution in [0.15, 0.2) is 49.2 Å². The third-order valence-corrected chi connectivity index (χ3v) is 4.59. The number of benzene rings is 1. The molecule has 0 aliphatic rings. The summed E-state index contributed by atoms with van der Waals surface area (Å²) in [7, 11) is 0.